The third-order valence-corrected chi connectivity index (χ3v) is 3.36. The summed E-state index contributed by atoms with van der Waals surface area (Å²) in [4.78, 5) is 7.86. The molecule has 2 nitrogen and oxygen atoms in total. The lowest BCUT2D eigenvalue weighted by Gasteiger charge is -1.99. The monoisotopic (exact) mass is 266 g/mol. The molecule has 0 fully saturated rings. The zero-order valence-corrected chi connectivity index (χ0v) is 11.5. The molecule has 1 N–H and O–H groups in total. The molecular formula is C16H14N2S. The van der Waals surface area contributed by atoms with Gasteiger partial charge in [-0.3, -0.25) is 0 Å². The van der Waals surface area contributed by atoms with E-state index in [2.05, 4.69) is 41.7 Å². The molecule has 0 aliphatic carbocycles. The quantitative estimate of drug-likeness (QED) is 0.664. The van der Waals surface area contributed by atoms with Crippen LogP contribution >= 0.6 is 12.6 Å². The molecular weight excluding hydrogens is 252 g/mol. The van der Waals surface area contributed by atoms with E-state index in [-0.39, 0.29) is 0 Å². The van der Waals surface area contributed by atoms with Crippen LogP contribution in [-0.4, -0.2) is 9.97 Å². The van der Waals surface area contributed by atoms with E-state index < -0.39 is 0 Å². The van der Waals surface area contributed by atoms with Crippen molar-refractivity contribution in [2.24, 2.45) is 0 Å². The number of nitrogens with one attached hydrogen (secondary N) is 1. The van der Waals surface area contributed by atoms with E-state index in [0.717, 1.165) is 27.7 Å². The lowest BCUT2D eigenvalue weighted by Crippen LogP contribution is -1.82. The van der Waals surface area contributed by atoms with Gasteiger partial charge in [0.1, 0.15) is 10.9 Å². The predicted molar refractivity (Wildman–Crippen MR) is 81.4 cm³/mol. The van der Waals surface area contributed by atoms with Gasteiger partial charge in [0.2, 0.25) is 0 Å². The lowest BCUT2D eigenvalue weighted by atomic mass is 10.1. The summed E-state index contributed by atoms with van der Waals surface area (Å²) in [5.41, 5.74) is 4.35. The van der Waals surface area contributed by atoms with Gasteiger partial charge in [0.15, 0.2) is 0 Å². The van der Waals surface area contributed by atoms with Gasteiger partial charge in [0, 0.05) is 11.1 Å². The molecule has 0 saturated carbocycles. The Morgan fingerprint density at radius 1 is 0.947 bits per heavy atom. The van der Waals surface area contributed by atoms with Crippen molar-refractivity contribution in [3.63, 3.8) is 0 Å². The molecule has 0 spiro atoms. The van der Waals surface area contributed by atoms with Gasteiger partial charge in [0.05, 0.1) is 5.69 Å². The third-order valence-electron chi connectivity index (χ3n) is 3.04. The number of aromatic amines is 1. The van der Waals surface area contributed by atoms with Crippen molar-refractivity contribution in [1.29, 1.82) is 0 Å². The molecule has 0 aliphatic heterocycles. The fraction of sp³-hybridized carbons (Fsp3) is 0.0625. The number of imidazole rings is 1. The maximum Gasteiger partial charge on any atom is 0.139 e. The van der Waals surface area contributed by atoms with Crippen LogP contribution in [0.5, 0.6) is 0 Å². The number of aryl methyl sites for hydroxylation is 1. The largest absolute Gasteiger partial charge is 0.337 e. The van der Waals surface area contributed by atoms with Crippen LogP contribution in [0.4, 0.5) is 0 Å². The Morgan fingerprint density at radius 3 is 2.42 bits per heavy atom. The molecule has 1 heterocycles. The highest BCUT2D eigenvalue weighted by atomic mass is 32.1. The van der Waals surface area contributed by atoms with Crippen molar-refractivity contribution in [1.82, 2.24) is 9.97 Å². The summed E-state index contributed by atoms with van der Waals surface area (Å²) in [7, 11) is 0. The number of H-pyrrole nitrogens is 1. The summed E-state index contributed by atoms with van der Waals surface area (Å²) >= 11 is 4.46. The molecule has 2 aromatic carbocycles. The number of rotatable bonds is 2. The van der Waals surface area contributed by atoms with Crippen molar-refractivity contribution in [2.45, 2.75) is 11.9 Å². The van der Waals surface area contributed by atoms with E-state index in [0.29, 0.717) is 0 Å². The first kappa shape index (κ1) is 12.1. The molecule has 1 aromatic heterocycles. The molecule has 94 valence electrons. The van der Waals surface area contributed by atoms with Gasteiger partial charge >= 0.3 is 0 Å². The number of benzene rings is 2. The third kappa shape index (κ3) is 2.42. The van der Waals surface area contributed by atoms with Gasteiger partial charge in [-0.25, -0.2) is 4.98 Å². The average molecular weight is 266 g/mol. The molecule has 0 radical (unpaired) electrons. The highest BCUT2D eigenvalue weighted by molar-refractivity contribution is 7.80. The Labute approximate surface area is 117 Å². The van der Waals surface area contributed by atoms with Gasteiger partial charge in [-0.15, -0.1) is 12.6 Å². The Kier molecular flexibility index (Phi) is 3.13. The van der Waals surface area contributed by atoms with Crippen molar-refractivity contribution >= 4 is 12.6 Å². The summed E-state index contributed by atoms with van der Waals surface area (Å²) < 4.78 is 0. The molecule has 0 unspecified atom stereocenters. The smallest absolute Gasteiger partial charge is 0.139 e. The second-order valence-electron chi connectivity index (χ2n) is 4.52. The molecule has 0 bridgehead atoms. The number of hydrogen-bond donors (Lipinski definition) is 2. The highest BCUT2D eigenvalue weighted by Crippen LogP contribution is 2.28. The number of hydrogen-bond acceptors (Lipinski definition) is 2. The van der Waals surface area contributed by atoms with E-state index >= 15 is 0 Å². The van der Waals surface area contributed by atoms with E-state index in [4.69, 9.17) is 0 Å². The fourth-order valence-corrected chi connectivity index (χ4v) is 2.38. The molecule has 3 aromatic rings. The maximum atomic E-state index is 4.51. The second-order valence-corrected chi connectivity index (χ2v) is 4.94. The zero-order valence-electron chi connectivity index (χ0n) is 10.6. The Hall–Kier alpha value is -2.00. The van der Waals surface area contributed by atoms with E-state index in [9.17, 15) is 0 Å². The Bertz CT molecular complexity index is 702. The second kappa shape index (κ2) is 4.94. The van der Waals surface area contributed by atoms with E-state index in [1.807, 2.05) is 42.5 Å². The molecule has 0 amide bonds. The Balaban J connectivity index is 2.07. The topological polar surface area (TPSA) is 28.7 Å². The van der Waals surface area contributed by atoms with Crippen LogP contribution in [-0.2, 0) is 0 Å². The van der Waals surface area contributed by atoms with Crippen molar-refractivity contribution in [3.8, 4) is 22.6 Å². The van der Waals surface area contributed by atoms with Crippen molar-refractivity contribution in [3.05, 3.63) is 60.2 Å². The summed E-state index contributed by atoms with van der Waals surface area (Å²) in [6.07, 6.45) is 0. The average Bonchev–Trinajstić information content (AvgIpc) is 2.82. The predicted octanol–water partition coefficient (Wildman–Crippen LogP) is 4.34. The molecule has 19 heavy (non-hydrogen) atoms. The van der Waals surface area contributed by atoms with E-state index in [1.54, 1.807) is 0 Å². The molecule has 0 atom stereocenters. The summed E-state index contributed by atoms with van der Waals surface area (Å²) in [6, 6.07) is 18.4. The van der Waals surface area contributed by atoms with Crippen molar-refractivity contribution < 1.29 is 0 Å². The zero-order chi connectivity index (χ0) is 13.2. The number of aromatic nitrogens is 2. The first-order valence-corrected chi connectivity index (χ1v) is 6.60. The van der Waals surface area contributed by atoms with Crippen LogP contribution in [0.25, 0.3) is 22.6 Å². The van der Waals surface area contributed by atoms with E-state index in [1.165, 1.54) is 5.56 Å². The lowest BCUT2D eigenvalue weighted by molar-refractivity contribution is 1.21. The number of nitrogens with zero attached hydrogens (tertiary/aromatic N) is 1. The van der Waals surface area contributed by atoms with Crippen LogP contribution in [0.3, 0.4) is 0 Å². The van der Waals surface area contributed by atoms with Gasteiger partial charge < -0.3 is 4.98 Å². The SMILES string of the molecule is Cc1cccc(-c2nc(S)c(-c3ccccc3)[nH]2)c1. The van der Waals surface area contributed by atoms with Gasteiger partial charge in [-0.2, -0.15) is 0 Å². The Morgan fingerprint density at radius 2 is 1.68 bits per heavy atom. The first-order valence-electron chi connectivity index (χ1n) is 6.15. The summed E-state index contributed by atoms with van der Waals surface area (Å²) in [5, 5.41) is 0.725. The van der Waals surface area contributed by atoms with Gasteiger partial charge in [0.25, 0.3) is 0 Å². The first-order chi connectivity index (χ1) is 9.24. The minimum atomic E-state index is 0.725. The number of thiol groups is 1. The standard InChI is InChI=1S/C16H14N2S/c1-11-6-5-9-13(10-11)15-17-14(16(19)18-15)12-7-3-2-4-8-12/h2-10,19H,1H3,(H,17,18). The molecule has 0 aliphatic rings. The van der Waals surface area contributed by atoms with Crippen LogP contribution in [0, 0.1) is 6.92 Å². The fourth-order valence-electron chi connectivity index (χ4n) is 2.10. The highest BCUT2D eigenvalue weighted by Gasteiger charge is 2.10. The minimum absolute atomic E-state index is 0.725. The molecule has 3 heteroatoms. The van der Waals surface area contributed by atoms with Crippen LogP contribution in [0.1, 0.15) is 5.56 Å². The molecule has 0 saturated heterocycles. The van der Waals surface area contributed by atoms with Crippen LogP contribution in [0.2, 0.25) is 0 Å². The van der Waals surface area contributed by atoms with Gasteiger partial charge in [-0.1, -0.05) is 54.1 Å². The normalized spacial score (nSPS) is 10.6. The van der Waals surface area contributed by atoms with Crippen LogP contribution in [0.15, 0.2) is 59.6 Å². The van der Waals surface area contributed by atoms with Crippen LogP contribution < -0.4 is 0 Å². The summed E-state index contributed by atoms with van der Waals surface area (Å²) in [6.45, 7) is 2.08. The van der Waals surface area contributed by atoms with Gasteiger partial charge in [-0.05, 0) is 13.0 Å². The summed E-state index contributed by atoms with van der Waals surface area (Å²) in [5.74, 6) is 0.854. The minimum Gasteiger partial charge on any atom is -0.337 e. The van der Waals surface area contributed by atoms with Crippen molar-refractivity contribution in [2.75, 3.05) is 0 Å². The molecule has 3 rings (SSSR count). The maximum absolute atomic E-state index is 4.51.